The average Bonchev–Trinajstić information content (AvgIpc) is 3.06. The molecule has 0 saturated carbocycles. The Morgan fingerprint density at radius 1 is 1.21 bits per heavy atom. The molecule has 2 aromatic carbocycles. The third-order valence-corrected chi connectivity index (χ3v) is 6.31. The summed E-state index contributed by atoms with van der Waals surface area (Å²) >= 11 is 13.7. The Bertz CT molecular complexity index is 1180. The standard InChI is InChI=1S/C19H17Cl2N3O3S2/c1-11-4-3-5-12(17(11)21)8-14-10-22-19(28-14)23-18(25)13-6-7-15(20)16(9-13)24-29(2,26)27/h3-7,9-10,24H,8H2,1-2H3,(H,22,23,25). The number of thiazole rings is 1. The maximum Gasteiger partial charge on any atom is 0.257 e. The molecule has 0 bridgehead atoms. The topological polar surface area (TPSA) is 88.2 Å². The van der Waals surface area contributed by atoms with Crippen LogP contribution in [0, 0.1) is 6.92 Å². The maximum absolute atomic E-state index is 12.5. The van der Waals surface area contributed by atoms with Gasteiger partial charge in [-0.1, -0.05) is 41.4 Å². The van der Waals surface area contributed by atoms with Crippen LogP contribution in [-0.2, 0) is 16.4 Å². The van der Waals surface area contributed by atoms with Crippen LogP contribution in [-0.4, -0.2) is 25.6 Å². The molecule has 3 aromatic rings. The molecule has 1 amide bonds. The van der Waals surface area contributed by atoms with E-state index < -0.39 is 15.9 Å². The summed E-state index contributed by atoms with van der Waals surface area (Å²) in [6, 6.07) is 10.2. The molecule has 0 saturated heterocycles. The molecular formula is C19H17Cl2N3O3S2. The number of hydrogen-bond acceptors (Lipinski definition) is 5. The highest BCUT2D eigenvalue weighted by Gasteiger charge is 2.14. The van der Waals surface area contributed by atoms with Crippen molar-refractivity contribution in [2.45, 2.75) is 13.3 Å². The van der Waals surface area contributed by atoms with Crippen molar-refractivity contribution < 1.29 is 13.2 Å². The van der Waals surface area contributed by atoms with Gasteiger partial charge < -0.3 is 0 Å². The fourth-order valence-electron chi connectivity index (χ4n) is 2.59. The summed E-state index contributed by atoms with van der Waals surface area (Å²) in [6.45, 7) is 1.95. The van der Waals surface area contributed by atoms with Crippen molar-refractivity contribution in [2.75, 3.05) is 16.3 Å². The SMILES string of the molecule is Cc1cccc(Cc2cnc(NC(=O)c3ccc(Cl)c(NS(C)(=O)=O)c3)s2)c1Cl. The van der Waals surface area contributed by atoms with Crippen molar-refractivity contribution in [3.8, 4) is 0 Å². The first-order chi connectivity index (χ1) is 13.6. The van der Waals surface area contributed by atoms with Crippen molar-refractivity contribution >= 4 is 61.3 Å². The molecule has 152 valence electrons. The third kappa shape index (κ3) is 5.70. The zero-order valence-corrected chi connectivity index (χ0v) is 18.6. The number of nitrogens with zero attached hydrogens (tertiary/aromatic N) is 1. The molecule has 1 aromatic heterocycles. The molecule has 6 nitrogen and oxygen atoms in total. The number of aromatic nitrogens is 1. The Hall–Kier alpha value is -2.13. The van der Waals surface area contributed by atoms with E-state index in [1.807, 2.05) is 25.1 Å². The third-order valence-electron chi connectivity index (χ3n) is 3.93. The van der Waals surface area contributed by atoms with Gasteiger partial charge in [0, 0.05) is 28.1 Å². The molecule has 0 aliphatic carbocycles. The fraction of sp³-hybridized carbons (Fsp3) is 0.158. The smallest absolute Gasteiger partial charge is 0.257 e. The van der Waals surface area contributed by atoms with Gasteiger partial charge in [-0.15, -0.1) is 11.3 Å². The Morgan fingerprint density at radius 2 is 1.97 bits per heavy atom. The Kier molecular flexibility index (Phi) is 6.48. The highest BCUT2D eigenvalue weighted by atomic mass is 35.5. The van der Waals surface area contributed by atoms with E-state index in [0.717, 1.165) is 27.3 Å². The van der Waals surface area contributed by atoms with E-state index in [2.05, 4.69) is 15.0 Å². The second-order valence-electron chi connectivity index (χ2n) is 6.38. The monoisotopic (exact) mass is 469 g/mol. The van der Waals surface area contributed by atoms with E-state index in [1.165, 1.54) is 29.5 Å². The van der Waals surface area contributed by atoms with Crippen LogP contribution in [0.2, 0.25) is 10.0 Å². The van der Waals surface area contributed by atoms with Gasteiger partial charge in [0.15, 0.2) is 5.13 Å². The van der Waals surface area contributed by atoms with E-state index in [9.17, 15) is 13.2 Å². The second kappa shape index (κ2) is 8.71. The lowest BCUT2D eigenvalue weighted by Gasteiger charge is -2.08. The molecule has 3 rings (SSSR count). The molecule has 0 atom stereocenters. The first-order valence-electron chi connectivity index (χ1n) is 8.40. The summed E-state index contributed by atoms with van der Waals surface area (Å²) in [4.78, 5) is 17.7. The quantitative estimate of drug-likeness (QED) is 0.532. The molecule has 0 fully saturated rings. The van der Waals surface area contributed by atoms with E-state index in [4.69, 9.17) is 23.2 Å². The van der Waals surface area contributed by atoms with Crippen LogP contribution in [0.3, 0.4) is 0 Å². The van der Waals surface area contributed by atoms with Crippen LogP contribution in [0.4, 0.5) is 10.8 Å². The van der Waals surface area contributed by atoms with Gasteiger partial charge in [-0.05, 0) is 36.2 Å². The summed E-state index contributed by atoms with van der Waals surface area (Å²) in [5.74, 6) is -0.423. The molecule has 0 unspecified atom stereocenters. The van der Waals surface area contributed by atoms with Crippen molar-refractivity contribution in [3.63, 3.8) is 0 Å². The first kappa shape index (κ1) is 21.6. The number of anilines is 2. The molecule has 1 heterocycles. The first-order valence-corrected chi connectivity index (χ1v) is 11.9. The van der Waals surface area contributed by atoms with Gasteiger partial charge in [0.1, 0.15) is 0 Å². The molecule has 0 aliphatic heterocycles. The van der Waals surface area contributed by atoms with Crippen molar-refractivity contribution in [1.82, 2.24) is 4.98 Å². The van der Waals surface area contributed by atoms with Crippen LogP contribution in [0.5, 0.6) is 0 Å². The lowest BCUT2D eigenvalue weighted by molar-refractivity contribution is 0.102. The Morgan fingerprint density at radius 3 is 2.69 bits per heavy atom. The number of rotatable bonds is 6. The predicted octanol–water partition coefficient (Wildman–Crippen LogP) is 4.97. The number of sulfonamides is 1. The zero-order valence-electron chi connectivity index (χ0n) is 15.5. The maximum atomic E-state index is 12.5. The minimum atomic E-state index is -3.52. The normalized spacial score (nSPS) is 11.3. The summed E-state index contributed by atoms with van der Waals surface area (Å²) < 4.78 is 25.2. The van der Waals surface area contributed by atoms with Crippen LogP contribution in [0.1, 0.15) is 26.4 Å². The molecule has 2 N–H and O–H groups in total. The van der Waals surface area contributed by atoms with Crippen LogP contribution >= 0.6 is 34.5 Å². The fourth-order valence-corrected chi connectivity index (χ4v) is 4.41. The molecule has 0 aliphatic rings. The van der Waals surface area contributed by atoms with Gasteiger partial charge >= 0.3 is 0 Å². The largest absolute Gasteiger partial charge is 0.298 e. The number of carbonyl (C=O) groups is 1. The highest BCUT2D eigenvalue weighted by molar-refractivity contribution is 7.92. The molecule has 29 heavy (non-hydrogen) atoms. The number of amides is 1. The van der Waals surface area contributed by atoms with Crippen LogP contribution < -0.4 is 10.0 Å². The molecule has 0 spiro atoms. The molecule has 10 heteroatoms. The highest BCUT2D eigenvalue weighted by Crippen LogP contribution is 2.28. The van der Waals surface area contributed by atoms with Crippen molar-refractivity contribution in [3.05, 3.63) is 74.2 Å². The van der Waals surface area contributed by atoms with E-state index in [0.29, 0.717) is 11.6 Å². The van der Waals surface area contributed by atoms with E-state index >= 15 is 0 Å². The Balaban J connectivity index is 1.73. The van der Waals surface area contributed by atoms with E-state index in [1.54, 1.807) is 6.20 Å². The summed E-state index contributed by atoms with van der Waals surface area (Å²) in [6.07, 6.45) is 3.31. The van der Waals surface area contributed by atoms with Gasteiger partial charge in [0.25, 0.3) is 5.91 Å². The second-order valence-corrected chi connectivity index (χ2v) is 10.0. The minimum absolute atomic E-state index is 0.135. The Labute approximate surface area is 182 Å². The predicted molar refractivity (Wildman–Crippen MR) is 119 cm³/mol. The summed E-state index contributed by atoms with van der Waals surface area (Å²) in [5.41, 5.74) is 2.38. The van der Waals surface area contributed by atoms with Gasteiger partial charge in [0.2, 0.25) is 10.0 Å². The van der Waals surface area contributed by atoms with Gasteiger partial charge in [0.05, 0.1) is 17.0 Å². The number of benzene rings is 2. The van der Waals surface area contributed by atoms with Gasteiger partial charge in [-0.3, -0.25) is 14.8 Å². The van der Waals surface area contributed by atoms with Crippen molar-refractivity contribution in [2.24, 2.45) is 0 Å². The average molecular weight is 470 g/mol. The zero-order chi connectivity index (χ0) is 21.2. The summed E-state index contributed by atoms with van der Waals surface area (Å²) in [7, 11) is -3.52. The number of halogens is 2. The van der Waals surface area contributed by atoms with Gasteiger partial charge in [-0.25, -0.2) is 13.4 Å². The number of hydrogen-bond donors (Lipinski definition) is 2. The van der Waals surface area contributed by atoms with Crippen molar-refractivity contribution in [1.29, 1.82) is 0 Å². The lowest BCUT2D eigenvalue weighted by atomic mass is 10.1. The van der Waals surface area contributed by atoms with Crippen LogP contribution in [0.25, 0.3) is 0 Å². The van der Waals surface area contributed by atoms with Crippen LogP contribution in [0.15, 0.2) is 42.6 Å². The van der Waals surface area contributed by atoms with E-state index in [-0.39, 0.29) is 16.3 Å². The number of aryl methyl sites for hydroxylation is 1. The summed E-state index contributed by atoms with van der Waals surface area (Å²) in [5, 5.41) is 4.06. The number of nitrogens with one attached hydrogen (secondary N) is 2. The lowest BCUT2D eigenvalue weighted by Crippen LogP contribution is -2.14. The minimum Gasteiger partial charge on any atom is -0.298 e. The number of carbonyl (C=O) groups excluding carboxylic acids is 1. The molecule has 0 radical (unpaired) electrons. The molecular weight excluding hydrogens is 453 g/mol. The van der Waals surface area contributed by atoms with Gasteiger partial charge in [-0.2, -0.15) is 0 Å².